The maximum Gasteiger partial charge on any atom is 0.255 e. The molecule has 0 N–H and O–H groups in total. The average Bonchev–Trinajstić information content (AvgIpc) is 3.09. The Balaban J connectivity index is 1.28. The Morgan fingerprint density at radius 2 is 1.94 bits per heavy atom. The summed E-state index contributed by atoms with van der Waals surface area (Å²) in [5.41, 5.74) is 0.0666. The van der Waals surface area contributed by atoms with Crippen molar-refractivity contribution >= 4 is 5.78 Å². The minimum atomic E-state index is -2.70. The zero-order valence-corrected chi connectivity index (χ0v) is 19.0. The highest BCUT2D eigenvalue weighted by Crippen LogP contribution is 2.79. The first kappa shape index (κ1) is 20.8. The molecule has 0 spiro atoms. The van der Waals surface area contributed by atoms with Crippen LogP contribution in [0, 0.1) is 70.0 Å². The molecule has 5 aliphatic rings. The van der Waals surface area contributed by atoms with Gasteiger partial charge in [-0.1, -0.05) is 20.3 Å². The van der Waals surface area contributed by atoms with Crippen LogP contribution in [-0.2, 0) is 11.3 Å². The highest BCUT2D eigenvalue weighted by molar-refractivity contribution is 5.83. The molecule has 0 aromatic carbocycles. The van der Waals surface area contributed by atoms with Crippen LogP contribution >= 0.6 is 0 Å². The third kappa shape index (κ3) is 2.75. The lowest BCUT2D eigenvalue weighted by atomic mass is 9.48. The summed E-state index contributed by atoms with van der Waals surface area (Å²) in [5.74, 6) is -1.60. The van der Waals surface area contributed by atoms with Gasteiger partial charge >= 0.3 is 0 Å². The molecule has 5 fully saturated rings. The SMILES string of the molecule is C[C@H]1CC[C@H]2[C@H](CC[C@H]3C4[C@H]5[C@@H]([C@H](C(=O)Cn6cc(C#N)cn6)[C@@]4(C)CC[C@H]23)C5(F)F)C1. The van der Waals surface area contributed by atoms with Crippen molar-refractivity contribution in [2.24, 2.45) is 58.7 Å². The number of nitrogens with zero attached hydrogens (tertiary/aromatic N) is 3. The lowest BCUT2D eigenvalue weighted by Gasteiger charge is -2.57. The monoisotopic (exact) mass is 441 g/mol. The third-order valence-corrected chi connectivity index (χ3v) is 10.6. The Kier molecular flexibility index (Phi) is 4.47. The van der Waals surface area contributed by atoms with E-state index in [1.165, 1.54) is 42.8 Å². The highest BCUT2D eigenvalue weighted by Gasteiger charge is 2.84. The number of aromatic nitrogens is 2. The summed E-state index contributed by atoms with van der Waals surface area (Å²) in [6.07, 6.45) is 11.1. The number of alkyl halides is 2. The predicted octanol–water partition coefficient (Wildman–Crippen LogP) is 5.33. The highest BCUT2D eigenvalue weighted by atomic mass is 19.3. The standard InChI is InChI=1S/C26H33F2N3O/c1-14-3-5-17-16(9-14)4-6-19-18(17)7-8-25(2)21(19)23-24(26(23,27)28)22(25)20(32)13-31-12-15(10-29)11-30-31/h11-12,14,16-19,21-24H,3-9,13H2,1-2H3/t14-,16+,17-,18+,19+,21?,22-,23-,24+,25-/m0/s1. The van der Waals surface area contributed by atoms with E-state index >= 15 is 8.78 Å². The van der Waals surface area contributed by atoms with E-state index in [0.717, 1.165) is 31.1 Å². The summed E-state index contributed by atoms with van der Waals surface area (Å²) in [4.78, 5) is 13.4. The molecule has 1 unspecified atom stereocenters. The first-order valence-electron chi connectivity index (χ1n) is 12.6. The maximum atomic E-state index is 15.1. The topological polar surface area (TPSA) is 58.7 Å². The molecule has 172 valence electrons. The van der Waals surface area contributed by atoms with Gasteiger partial charge in [0.25, 0.3) is 5.92 Å². The van der Waals surface area contributed by atoms with E-state index in [1.54, 1.807) is 0 Å². The van der Waals surface area contributed by atoms with Crippen molar-refractivity contribution in [1.29, 1.82) is 5.26 Å². The van der Waals surface area contributed by atoms with E-state index in [4.69, 9.17) is 5.26 Å². The van der Waals surface area contributed by atoms with Crippen LogP contribution in [-0.4, -0.2) is 21.5 Å². The number of carbonyl (C=O) groups is 1. The minimum absolute atomic E-state index is 0.00929. The molecule has 5 saturated carbocycles. The van der Waals surface area contributed by atoms with Crippen LogP contribution in [0.5, 0.6) is 0 Å². The van der Waals surface area contributed by atoms with Crippen molar-refractivity contribution in [2.45, 2.75) is 71.3 Å². The zero-order chi connectivity index (χ0) is 22.4. The molecule has 4 nitrogen and oxygen atoms in total. The van der Waals surface area contributed by atoms with Crippen molar-refractivity contribution < 1.29 is 13.6 Å². The first-order valence-corrected chi connectivity index (χ1v) is 12.6. The van der Waals surface area contributed by atoms with Gasteiger partial charge in [0.05, 0.1) is 18.3 Å². The van der Waals surface area contributed by atoms with Crippen LogP contribution in [0.15, 0.2) is 12.4 Å². The maximum absolute atomic E-state index is 15.1. The molecule has 0 aliphatic heterocycles. The number of halogens is 2. The molecule has 0 radical (unpaired) electrons. The molecule has 6 heteroatoms. The Hall–Kier alpha value is -1.77. The van der Waals surface area contributed by atoms with Crippen LogP contribution in [0.3, 0.4) is 0 Å². The van der Waals surface area contributed by atoms with Gasteiger partial charge in [-0.15, -0.1) is 0 Å². The largest absolute Gasteiger partial charge is 0.297 e. The van der Waals surface area contributed by atoms with Gasteiger partial charge in [-0.25, -0.2) is 8.78 Å². The third-order valence-electron chi connectivity index (χ3n) is 10.6. The molecule has 10 atom stereocenters. The normalized spacial score (nSPS) is 48.0. The fourth-order valence-electron chi connectivity index (χ4n) is 9.41. The summed E-state index contributed by atoms with van der Waals surface area (Å²) >= 11 is 0. The Morgan fingerprint density at radius 3 is 2.69 bits per heavy atom. The van der Waals surface area contributed by atoms with E-state index in [2.05, 4.69) is 18.9 Å². The number of rotatable bonds is 3. The Labute approximate surface area is 188 Å². The molecular weight excluding hydrogens is 408 g/mol. The van der Waals surface area contributed by atoms with Crippen molar-refractivity contribution in [3.8, 4) is 6.07 Å². The van der Waals surface area contributed by atoms with Crippen molar-refractivity contribution in [3.63, 3.8) is 0 Å². The number of hydrogen-bond donors (Lipinski definition) is 0. The molecule has 0 saturated heterocycles. The van der Waals surface area contributed by atoms with Gasteiger partial charge in [-0.05, 0) is 79.4 Å². The summed E-state index contributed by atoms with van der Waals surface area (Å²) in [7, 11) is 0. The number of carbonyl (C=O) groups excluding carboxylic acids is 1. The van der Waals surface area contributed by atoms with Crippen LogP contribution in [0.4, 0.5) is 8.78 Å². The van der Waals surface area contributed by atoms with Crippen molar-refractivity contribution in [2.75, 3.05) is 0 Å². The van der Waals surface area contributed by atoms with E-state index in [1.807, 2.05) is 6.07 Å². The quantitative estimate of drug-likeness (QED) is 0.637. The van der Waals surface area contributed by atoms with Crippen LogP contribution in [0.1, 0.15) is 64.4 Å². The molecular formula is C26H33F2N3O. The van der Waals surface area contributed by atoms with Gasteiger partial charge in [0.1, 0.15) is 6.07 Å². The summed E-state index contributed by atoms with van der Waals surface area (Å²) in [5, 5.41) is 13.1. The van der Waals surface area contributed by atoms with E-state index in [9.17, 15) is 4.79 Å². The fraction of sp³-hybridized carbons (Fsp3) is 0.808. The van der Waals surface area contributed by atoms with Gasteiger partial charge in [0.2, 0.25) is 0 Å². The fourth-order valence-corrected chi connectivity index (χ4v) is 9.41. The van der Waals surface area contributed by atoms with E-state index in [-0.39, 0.29) is 23.7 Å². The van der Waals surface area contributed by atoms with Crippen molar-refractivity contribution in [1.82, 2.24) is 9.78 Å². The number of hydrogen-bond acceptors (Lipinski definition) is 3. The predicted molar refractivity (Wildman–Crippen MR) is 114 cm³/mol. The van der Waals surface area contributed by atoms with Gasteiger partial charge in [0, 0.05) is 24.0 Å². The molecule has 5 aliphatic carbocycles. The molecule has 0 amide bonds. The van der Waals surface area contributed by atoms with E-state index in [0.29, 0.717) is 23.3 Å². The van der Waals surface area contributed by atoms with Crippen LogP contribution in [0.2, 0.25) is 0 Å². The molecule has 1 aromatic heterocycles. The molecule has 6 rings (SSSR count). The summed E-state index contributed by atoms with van der Waals surface area (Å²) in [6, 6.07) is 2.01. The second kappa shape index (κ2) is 6.87. The van der Waals surface area contributed by atoms with Gasteiger partial charge < -0.3 is 0 Å². The lowest BCUT2D eigenvalue weighted by Crippen LogP contribution is -2.52. The molecule has 1 heterocycles. The minimum Gasteiger partial charge on any atom is -0.297 e. The number of ketones is 1. The second-order valence-corrected chi connectivity index (χ2v) is 12.0. The van der Waals surface area contributed by atoms with Gasteiger partial charge in [0.15, 0.2) is 5.78 Å². The lowest BCUT2D eigenvalue weighted by molar-refractivity contribution is -0.142. The Bertz CT molecular complexity index is 982. The second-order valence-electron chi connectivity index (χ2n) is 12.0. The number of Topliss-reactive ketones (excluding diaryl/α,β-unsaturated/α-hetero) is 1. The molecule has 0 bridgehead atoms. The van der Waals surface area contributed by atoms with Gasteiger partial charge in [-0.2, -0.15) is 10.4 Å². The summed E-state index contributed by atoms with van der Waals surface area (Å²) < 4.78 is 31.7. The average molecular weight is 442 g/mol. The Morgan fingerprint density at radius 1 is 1.16 bits per heavy atom. The number of fused-ring (bicyclic) bond motifs is 7. The molecule has 1 aromatic rings. The van der Waals surface area contributed by atoms with Crippen LogP contribution < -0.4 is 0 Å². The summed E-state index contributed by atoms with van der Waals surface area (Å²) in [6.45, 7) is 4.50. The zero-order valence-electron chi connectivity index (χ0n) is 19.0. The first-order chi connectivity index (χ1) is 15.3. The van der Waals surface area contributed by atoms with E-state index < -0.39 is 23.7 Å². The van der Waals surface area contributed by atoms with Crippen LogP contribution in [0.25, 0.3) is 0 Å². The molecule has 32 heavy (non-hydrogen) atoms. The van der Waals surface area contributed by atoms with Gasteiger partial charge in [-0.3, -0.25) is 9.48 Å². The number of nitriles is 1. The smallest absolute Gasteiger partial charge is 0.255 e. The van der Waals surface area contributed by atoms with Crippen molar-refractivity contribution in [3.05, 3.63) is 18.0 Å².